The zero-order chi connectivity index (χ0) is 23.5. The first-order chi connectivity index (χ1) is 16.6. The van der Waals surface area contributed by atoms with E-state index in [1.165, 1.54) is 0 Å². The lowest BCUT2D eigenvalue weighted by Gasteiger charge is -2.17. The van der Waals surface area contributed by atoms with Gasteiger partial charge in [-0.05, 0) is 42.3 Å². The van der Waals surface area contributed by atoms with Crippen molar-refractivity contribution in [2.24, 2.45) is 7.05 Å². The van der Waals surface area contributed by atoms with Crippen LogP contribution < -0.4 is 10.1 Å². The van der Waals surface area contributed by atoms with Gasteiger partial charge >= 0.3 is 0 Å². The molecule has 2 aromatic heterocycles. The average Bonchev–Trinajstić information content (AvgIpc) is 3.47. The zero-order valence-electron chi connectivity index (χ0n) is 19.0. The predicted octanol–water partition coefficient (Wildman–Crippen LogP) is 3.20. The number of aromatic nitrogens is 4. The van der Waals surface area contributed by atoms with Gasteiger partial charge in [0.2, 0.25) is 5.95 Å². The number of benzene rings is 2. The third kappa shape index (κ3) is 4.86. The highest BCUT2D eigenvalue weighted by Crippen LogP contribution is 2.31. The third-order valence-electron chi connectivity index (χ3n) is 5.90. The highest BCUT2D eigenvalue weighted by atomic mass is 16.5. The Morgan fingerprint density at radius 2 is 2.12 bits per heavy atom. The van der Waals surface area contributed by atoms with Crippen molar-refractivity contribution in [2.45, 2.75) is 12.5 Å². The van der Waals surface area contributed by atoms with E-state index in [1.54, 1.807) is 10.9 Å². The van der Waals surface area contributed by atoms with Gasteiger partial charge in [-0.25, -0.2) is 9.97 Å². The summed E-state index contributed by atoms with van der Waals surface area (Å²) >= 11 is 0. The van der Waals surface area contributed by atoms with Crippen LogP contribution in [0.4, 0.5) is 11.6 Å². The number of nitrogens with one attached hydrogen (secondary N) is 1. The van der Waals surface area contributed by atoms with Crippen LogP contribution in [0, 0.1) is 12.3 Å². The second kappa shape index (κ2) is 9.51. The number of hydrogen-bond acceptors (Lipinski definition) is 7. The summed E-state index contributed by atoms with van der Waals surface area (Å²) in [5.41, 5.74) is 4.41. The molecule has 2 aromatic carbocycles. The number of likely N-dealkylation sites (tertiary alicyclic amines) is 1. The van der Waals surface area contributed by atoms with E-state index in [1.807, 2.05) is 55.8 Å². The molecule has 4 aromatic rings. The normalized spacial score (nSPS) is 16.0. The fraction of sp³-hybridized carbons (Fsp3) is 0.269. The first kappa shape index (κ1) is 21.9. The molecule has 3 heterocycles. The molecule has 1 atom stereocenters. The Morgan fingerprint density at radius 3 is 2.91 bits per heavy atom. The van der Waals surface area contributed by atoms with Gasteiger partial charge in [0.25, 0.3) is 0 Å². The van der Waals surface area contributed by atoms with Crippen LogP contribution in [-0.4, -0.2) is 62.1 Å². The van der Waals surface area contributed by atoms with E-state index in [0.29, 0.717) is 12.5 Å². The van der Waals surface area contributed by atoms with Crippen molar-refractivity contribution in [3.8, 4) is 29.2 Å². The van der Waals surface area contributed by atoms with Crippen molar-refractivity contribution >= 4 is 22.5 Å². The molecule has 0 bridgehead atoms. The van der Waals surface area contributed by atoms with Crippen LogP contribution in [0.5, 0.6) is 5.75 Å². The Kier molecular flexibility index (Phi) is 6.12. The molecule has 8 heteroatoms. The number of aryl methyl sites for hydroxylation is 1. The minimum atomic E-state index is 0.0748. The van der Waals surface area contributed by atoms with Crippen LogP contribution in [-0.2, 0) is 7.05 Å². The molecule has 0 radical (unpaired) electrons. The van der Waals surface area contributed by atoms with E-state index in [4.69, 9.17) is 11.2 Å². The molecule has 1 aliphatic heterocycles. The minimum Gasteiger partial charge on any atom is -0.489 e. The monoisotopic (exact) mass is 454 g/mol. The summed E-state index contributed by atoms with van der Waals surface area (Å²) in [6.07, 6.45) is 12.1. The molecule has 8 nitrogen and oxygen atoms in total. The highest BCUT2D eigenvalue weighted by molar-refractivity contribution is 5.81. The summed E-state index contributed by atoms with van der Waals surface area (Å²) < 4.78 is 8.12. The van der Waals surface area contributed by atoms with Crippen molar-refractivity contribution in [1.29, 1.82) is 0 Å². The maximum absolute atomic E-state index is 9.22. The largest absolute Gasteiger partial charge is 0.489 e. The number of anilines is 2. The van der Waals surface area contributed by atoms with Crippen molar-refractivity contribution < 1.29 is 9.84 Å². The molecular weight excluding hydrogens is 428 g/mol. The maximum Gasteiger partial charge on any atom is 0.227 e. The quantitative estimate of drug-likeness (QED) is 0.415. The molecule has 1 unspecified atom stereocenters. The molecule has 0 spiro atoms. The van der Waals surface area contributed by atoms with Crippen molar-refractivity contribution in [3.63, 3.8) is 0 Å². The van der Waals surface area contributed by atoms with E-state index < -0.39 is 0 Å². The van der Waals surface area contributed by atoms with Crippen LogP contribution in [0.15, 0.2) is 55.0 Å². The highest BCUT2D eigenvalue weighted by Gasteiger charge is 2.23. The minimum absolute atomic E-state index is 0.0748. The smallest absolute Gasteiger partial charge is 0.227 e. The summed E-state index contributed by atoms with van der Waals surface area (Å²) in [4.78, 5) is 11.3. The van der Waals surface area contributed by atoms with Gasteiger partial charge in [-0.15, -0.1) is 6.42 Å². The molecule has 5 rings (SSSR count). The van der Waals surface area contributed by atoms with Crippen LogP contribution in [0.25, 0.3) is 22.0 Å². The second-order valence-corrected chi connectivity index (χ2v) is 8.44. The molecular formula is C26H26N6O2. The van der Waals surface area contributed by atoms with Crippen molar-refractivity contribution in [1.82, 2.24) is 24.6 Å². The Bertz CT molecular complexity index is 1360. The van der Waals surface area contributed by atoms with E-state index in [-0.39, 0.29) is 12.7 Å². The van der Waals surface area contributed by atoms with Crippen LogP contribution in [0.3, 0.4) is 0 Å². The number of hydrogen-bond donors (Lipinski definition) is 2. The summed E-state index contributed by atoms with van der Waals surface area (Å²) in [5.74, 6) is 3.89. The number of nitrogens with zero attached hydrogens (tertiary/aromatic N) is 5. The van der Waals surface area contributed by atoms with Gasteiger partial charge in [0.15, 0.2) is 0 Å². The molecule has 172 valence electrons. The number of aliphatic hydroxyl groups excluding tert-OH is 1. The molecule has 0 aliphatic carbocycles. The Balaban J connectivity index is 1.43. The number of β-amino-alcohol motifs (C(OH)–C–C–N with tert-alkyl or cyclic N) is 1. The zero-order valence-corrected chi connectivity index (χ0v) is 19.0. The fourth-order valence-corrected chi connectivity index (χ4v) is 4.22. The van der Waals surface area contributed by atoms with Crippen molar-refractivity contribution in [3.05, 3.63) is 60.6 Å². The molecule has 1 saturated heterocycles. The predicted molar refractivity (Wildman–Crippen MR) is 132 cm³/mol. The lowest BCUT2D eigenvalue weighted by molar-refractivity contribution is 0.181. The topological polar surface area (TPSA) is 88.3 Å². The standard InChI is InChI=1S/C26H26N6O2/c1-3-18-4-5-25-20(10-18)14-27-26(30-25)29-22-11-19(21-15-28-31(2)16-21)12-24(13-22)34-23-6-7-32(17-23)8-9-33/h1,4-5,10-16,23,33H,6-9,17H2,2H3,(H,27,29,30). The molecule has 34 heavy (non-hydrogen) atoms. The lowest BCUT2D eigenvalue weighted by atomic mass is 10.1. The van der Waals surface area contributed by atoms with Gasteiger partial charge in [-0.1, -0.05) is 5.92 Å². The SMILES string of the molecule is C#Cc1ccc2nc(Nc3cc(OC4CCN(CCO)C4)cc(-c4cnn(C)c4)c3)ncc2c1. The molecule has 0 saturated carbocycles. The summed E-state index contributed by atoms with van der Waals surface area (Å²) in [5, 5.41) is 17.7. The van der Waals surface area contributed by atoms with Gasteiger partial charge in [-0.3, -0.25) is 9.58 Å². The number of aliphatic hydroxyl groups is 1. The molecule has 1 fully saturated rings. The first-order valence-electron chi connectivity index (χ1n) is 11.2. The molecule has 1 aliphatic rings. The fourth-order valence-electron chi connectivity index (χ4n) is 4.22. The summed E-state index contributed by atoms with van der Waals surface area (Å²) in [6, 6.07) is 11.7. The number of ether oxygens (including phenoxy) is 1. The summed E-state index contributed by atoms with van der Waals surface area (Å²) in [6.45, 7) is 2.55. The number of fused-ring (bicyclic) bond motifs is 1. The van der Waals surface area contributed by atoms with Crippen LogP contribution in [0.2, 0.25) is 0 Å². The van der Waals surface area contributed by atoms with E-state index >= 15 is 0 Å². The van der Waals surface area contributed by atoms with Gasteiger partial charge in [0, 0.05) is 67.3 Å². The van der Waals surface area contributed by atoms with Gasteiger partial charge in [0.1, 0.15) is 11.9 Å². The van der Waals surface area contributed by atoms with Gasteiger partial charge in [-0.2, -0.15) is 5.10 Å². The third-order valence-corrected chi connectivity index (χ3v) is 5.90. The Hall–Kier alpha value is -3.93. The Morgan fingerprint density at radius 1 is 1.21 bits per heavy atom. The van der Waals surface area contributed by atoms with E-state index in [0.717, 1.165) is 58.5 Å². The first-order valence-corrected chi connectivity index (χ1v) is 11.2. The summed E-state index contributed by atoms with van der Waals surface area (Å²) in [7, 11) is 1.89. The van der Waals surface area contributed by atoms with E-state index in [2.05, 4.69) is 31.2 Å². The molecule has 0 amide bonds. The van der Waals surface area contributed by atoms with E-state index in [9.17, 15) is 5.11 Å². The Labute approximate surface area is 198 Å². The number of terminal acetylenes is 1. The second-order valence-electron chi connectivity index (χ2n) is 8.44. The van der Waals surface area contributed by atoms with Gasteiger partial charge < -0.3 is 15.2 Å². The van der Waals surface area contributed by atoms with Crippen molar-refractivity contribution in [2.75, 3.05) is 31.6 Å². The van der Waals surface area contributed by atoms with Gasteiger partial charge in [0.05, 0.1) is 18.3 Å². The maximum atomic E-state index is 9.22. The average molecular weight is 455 g/mol. The number of rotatable bonds is 7. The lowest BCUT2D eigenvalue weighted by Crippen LogP contribution is -2.27. The van der Waals surface area contributed by atoms with Crippen LogP contribution in [0.1, 0.15) is 12.0 Å². The molecule has 2 N–H and O–H groups in total. The van der Waals surface area contributed by atoms with Crippen LogP contribution >= 0.6 is 0 Å².